The second-order valence-electron chi connectivity index (χ2n) is 3.42. The fourth-order valence-corrected chi connectivity index (χ4v) is 1.71. The second kappa shape index (κ2) is 4.90. The molecule has 0 aromatic heterocycles. The lowest BCUT2D eigenvalue weighted by atomic mass is 10.1. The van der Waals surface area contributed by atoms with Gasteiger partial charge >= 0.3 is 0 Å². The molecule has 0 amide bonds. The minimum absolute atomic E-state index is 0.669. The summed E-state index contributed by atoms with van der Waals surface area (Å²) in [6.45, 7) is 4.49. The quantitative estimate of drug-likeness (QED) is 0.682. The summed E-state index contributed by atoms with van der Waals surface area (Å²) < 4.78 is 0. The summed E-state index contributed by atoms with van der Waals surface area (Å²) in [5, 5.41) is 0. The van der Waals surface area contributed by atoms with Crippen molar-refractivity contribution in [2.45, 2.75) is 32.7 Å². The maximum absolute atomic E-state index is 2.36. The van der Waals surface area contributed by atoms with Gasteiger partial charge in [-0.15, -0.1) is 0 Å². The van der Waals surface area contributed by atoms with Gasteiger partial charge in [0.2, 0.25) is 0 Å². The first-order chi connectivity index (χ1) is 6.29. The molecule has 1 aromatic carbocycles. The Hall–Kier alpha value is -0.980. The van der Waals surface area contributed by atoms with Crippen LogP contribution in [0, 0.1) is 0 Å². The predicted molar refractivity (Wildman–Crippen MR) is 59.2 cm³/mol. The zero-order valence-corrected chi connectivity index (χ0v) is 8.83. The van der Waals surface area contributed by atoms with E-state index >= 15 is 0 Å². The van der Waals surface area contributed by atoms with Gasteiger partial charge in [0, 0.05) is 18.8 Å². The summed E-state index contributed by atoms with van der Waals surface area (Å²) >= 11 is 0. The summed E-state index contributed by atoms with van der Waals surface area (Å²) in [4.78, 5) is 2.36. The van der Waals surface area contributed by atoms with Crippen molar-refractivity contribution in [1.29, 1.82) is 0 Å². The van der Waals surface area contributed by atoms with Crippen LogP contribution in [0.5, 0.6) is 0 Å². The van der Waals surface area contributed by atoms with E-state index < -0.39 is 0 Å². The van der Waals surface area contributed by atoms with Crippen LogP contribution in [0.3, 0.4) is 0 Å². The van der Waals surface area contributed by atoms with E-state index in [1.165, 1.54) is 18.5 Å². The van der Waals surface area contributed by atoms with Crippen molar-refractivity contribution in [2.24, 2.45) is 0 Å². The summed E-state index contributed by atoms with van der Waals surface area (Å²) in [7, 11) is 2.17. The Morgan fingerprint density at radius 1 is 1.08 bits per heavy atom. The fraction of sp³-hybridized carbons (Fsp3) is 0.500. The van der Waals surface area contributed by atoms with Gasteiger partial charge < -0.3 is 4.90 Å². The lowest BCUT2D eigenvalue weighted by molar-refractivity contribution is 0.592. The molecule has 0 heterocycles. The van der Waals surface area contributed by atoms with Gasteiger partial charge in [-0.2, -0.15) is 0 Å². The van der Waals surface area contributed by atoms with Crippen molar-refractivity contribution in [1.82, 2.24) is 0 Å². The molecule has 0 saturated carbocycles. The average molecular weight is 177 g/mol. The lowest BCUT2D eigenvalue weighted by Gasteiger charge is -2.28. The third-order valence-electron chi connectivity index (χ3n) is 2.65. The van der Waals surface area contributed by atoms with Gasteiger partial charge in [0.15, 0.2) is 0 Å². The van der Waals surface area contributed by atoms with Crippen LogP contribution in [-0.2, 0) is 0 Å². The summed E-state index contributed by atoms with van der Waals surface area (Å²) in [5.41, 5.74) is 1.32. The lowest BCUT2D eigenvalue weighted by Crippen LogP contribution is -2.30. The first kappa shape index (κ1) is 10.1. The summed E-state index contributed by atoms with van der Waals surface area (Å²) in [5.74, 6) is 0. The van der Waals surface area contributed by atoms with Crippen molar-refractivity contribution in [3.63, 3.8) is 0 Å². The molecular formula is C12H19N. The van der Waals surface area contributed by atoms with Gasteiger partial charge in [-0.3, -0.25) is 0 Å². The molecule has 0 bridgehead atoms. The SMILES string of the molecule is CCC(CC)N(C)c1ccccc1. The maximum atomic E-state index is 2.36. The molecule has 72 valence electrons. The molecule has 1 aromatic rings. The third-order valence-corrected chi connectivity index (χ3v) is 2.65. The molecule has 1 nitrogen and oxygen atoms in total. The number of benzene rings is 1. The Morgan fingerprint density at radius 2 is 1.62 bits per heavy atom. The Balaban J connectivity index is 2.72. The molecule has 0 spiro atoms. The molecule has 0 aliphatic heterocycles. The highest BCUT2D eigenvalue weighted by Crippen LogP contribution is 2.17. The van der Waals surface area contributed by atoms with Crippen LogP contribution in [0.4, 0.5) is 5.69 Å². The van der Waals surface area contributed by atoms with Crippen LogP contribution in [0.15, 0.2) is 30.3 Å². The van der Waals surface area contributed by atoms with E-state index in [1.54, 1.807) is 0 Å². The first-order valence-corrected chi connectivity index (χ1v) is 5.07. The van der Waals surface area contributed by atoms with Gasteiger partial charge in [-0.1, -0.05) is 32.0 Å². The van der Waals surface area contributed by atoms with E-state index in [9.17, 15) is 0 Å². The van der Waals surface area contributed by atoms with E-state index in [-0.39, 0.29) is 0 Å². The number of rotatable bonds is 4. The highest BCUT2D eigenvalue weighted by Gasteiger charge is 2.09. The van der Waals surface area contributed by atoms with E-state index in [1.807, 2.05) is 0 Å². The van der Waals surface area contributed by atoms with Crippen LogP contribution < -0.4 is 4.90 Å². The highest BCUT2D eigenvalue weighted by atomic mass is 15.1. The van der Waals surface area contributed by atoms with Crippen molar-refractivity contribution in [3.05, 3.63) is 30.3 Å². The van der Waals surface area contributed by atoms with E-state index in [2.05, 4.69) is 56.1 Å². The molecular weight excluding hydrogens is 158 g/mol. The van der Waals surface area contributed by atoms with Crippen LogP contribution >= 0.6 is 0 Å². The third kappa shape index (κ3) is 2.48. The molecule has 0 atom stereocenters. The van der Waals surface area contributed by atoms with Crippen molar-refractivity contribution in [3.8, 4) is 0 Å². The molecule has 0 radical (unpaired) electrons. The number of para-hydroxylation sites is 1. The van der Waals surface area contributed by atoms with Gasteiger partial charge in [0.25, 0.3) is 0 Å². The monoisotopic (exact) mass is 177 g/mol. The number of hydrogen-bond donors (Lipinski definition) is 0. The van der Waals surface area contributed by atoms with Gasteiger partial charge in [-0.25, -0.2) is 0 Å². The molecule has 1 heteroatoms. The van der Waals surface area contributed by atoms with Crippen molar-refractivity contribution >= 4 is 5.69 Å². The molecule has 0 aliphatic carbocycles. The summed E-state index contributed by atoms with van der Waals surface area (Å²) in [6.07, 6.45) is 2.42. The largest absolute Gasteiger partial charge is 0.372 e. The first-order valence-electron chi connectivity index (χ1n) is 5.07. The second-order valence-corrected chi connectivity index (χ2v) is 3.42. The number of anilines is 1. The van der Waals surface area contributed by atoms with Gasteiger partial charge in [0.05, 0.1) is 0 Å². The molecule has 0 N–H and O–H groups in total. The molecule has 1 rings (SSSR count). The zero-order chi connectivity index (χ0) is 9.68. The van der Waals surface area contributed by atoms with Crippen LogP contribution in [-0.4, -0.2) is 13.1 Å². The fourth-order valence-electron chi connectivity index (χ4n) is 1.71. The van der Waals surface area contributed by atoms with Crippen LogP contribution in [0.25, 0.3) is 0 Å². The smallest absolute Gasteiger partial charge is 0.0366 e. The molecule has 0 saturated heterocycles. The van der Waals surface area contributed by atoms with Gasteiger partial charge in [0.1, 0.15) is 0 Å². The topological polar surface area (TPSA) is 3.24 Å². The minimum Gasteiger partial charge on any atom is -0.372 e. The van der Waals surface area contributed by atoms with E-state index in [4.69, 9.17) is 0 Å². The Kier molecular flexibility index (Phi) is 3.81. The van der Waals surface area contributed by atoms with E-state index in [0.29, 0.717) is 6.04 Å². The van der Waals surface area contributed by atoms with Crippen molar-refractivity contribution in [2.75, 3.05) is 11.9 Å². The average Bonchev–Trinajstić information content (AvgIpc) is 2.21. The van der Waals surface area contributed by atoms with Gasteiger partial charge in [-0.05, 0) is 25.0 Å². The van der Waals surface area contributed by atoms with Crippen LogP contribution in [0.1, 0.15) is 26.7 Å². The highest BCUT2D eigenvalue weighted by molar-refractivity contribution is 5.45. The maximum Gasteiger partial charge on any atom is 0.0366 e. The molecule has 0 unspecified atom stereocenters. The molecule has 13 heavy (non-hydrogen) atoms. The standard InChI is InChI=1S/C12H19N/c1-4-11(5-2)13(3)12-9-7-6-8-10-12/h6-11H,4-5H2,1-3H3. The summed E-state index contributed by atoms with van der Waals surface area (Å²) in [6, 6.07) is 11.2. The molecule has 0 fully saturated rings. The predicted octanol–water partition coefficient (Wildman–Crippen LogP) is 3.31. The van der Waals surface area contributed by atoms with Crippen LogP contribution in [0.2, 0.25) is 0 Å². The van der Waals surface area contributed by atoms with E-state index in [0.717, 1.165) is 0 Å². The zero-order valence-electron chi connectivity index (χ0n) is 8.83. The Bertz CT molecular complexity index is 226. The number of hydrogen-bond acceptors (Lipinski definition) is 1. The van der Waals surface area contributed by atoms with Crippen molar-refractivity contribution < 1.29 is 0 Å². The normalized spacial score (nSPS) is 10.5. The Labute approximate surface area is 81.4 Å². The minimum atomic E-state index is 0.669. The molecule has 0 aliphatic rings. The number of nitrogens with zero attached hydrogens (tertiary/aromatic N) is 1. The Morgan fingerprint density at radius 3 is 2.08 bits per heavy atom.